The van der Waals surface area contributed by atoms with Crippen molar-refractivity contribution in [2.75, 3.05) is 0 Å². The molecule has 1 aromatic carbocycles. The van der Waals surface area contributed by atoms with Crippen LogP contribution < -0.4 is 0 Å². The number of halogens is 3. The van der Waals surface area contributed by atoms with Crippen molar-refractivity contribution in [2.45, 2.75) is 26.1 Å². The minimum atomic E-state index is -4.64. The molecule has 4 nitrogen and oxygen atoms in total. The zero-order valence-electron chi connectivity index (χ0n) is 11.3. The number of nitrogens with zero attached hydrogens (tertiary/aromatic N) is 2. The Morgan fingerprint density at radius 3 is 2.48 bits per heavy atom. The Kier molecular flexibility index (Phi) is 3.76. The van der Waals surface area contributed by atoms with E-state index in [1.54, 1.807) is 4.68 Å². The van der Waals surface area contributed by atoms with E-state index in [0.717, 1.165) is 12.1 Å². The SMILES string of the molecule is CC(C)n1cc(-c2ccc(C(=O)O)cc2C(F)(F)F)cn1. The number of alkyl halides is 3. The first-order chi connectivity index (χ1) is 9.70. The van der Waals surface area contributed by atoms with E-state index in [2.05, 4.69) is 5.10 Å². The summed E-state index contributed by atoms with van der Waals surface area (Å²) in [6.07, 6.45) is -1.79. The molecular formula is C14H13F3N2O2. The summed E-state index contributed by atoms with van der Waals surface area (Å²) in [5, 5.41) is 12.8. The number of carbonyl (C=O) groups is 1. The number of aromatic nitrogens is 2. The standard InChI is InChI=1S/C14H13F3N2O2/c1-8(2)19-7-10(6-18-19)11-4-3-9(13(20)21)5-12(11)14(15,16)17/h3-8H,1-2H3,(H,20,21). The van der Waals surface area contributed by atoms with E-state index in [0.29, 0.717) is 11.6 Å². The van der Waals surface area contributed by atoms with Gasteiger partial charge in [-0.25, -0.2) is 4.79 Å². The van der Waals surface area contributed by atoms with E-state index in [1.165, 1.54) is 12.4 Å². The second kappa shape index (κ2) is 5.23. The minimum absolute atomic E-state index is 0.0198. The largest absolute Gasteiger partial charge is 0.478 e. The third-order valence-corrected chi connectivity index (χ3v) is 3.01. The number of aromatic carboxylic acids is 1. The third kappa shape index (κ3) is 3.07. The van der Waals surface area contributed by atoms with Crippen molar-refractivity contribution in [3.05, 3.63) is 41.7 Å². The van der Waals surface area contributed by atoms with Crippen LogP contribution in [0.5, 0.6) is 0 Å². The Morgan fingerprint density at radius 2 is 2.00 bits per heavy atom. The van der Waals surface area contributed by atoms with Crippen LogP contribution in [0.4, 0.5) is 13.2 Å². The van der Waals surface area contributed by atoms with E-state index in [-0.39, 0.29) is 11.6 Å². The van der Waals surface area contributed by atoms with Gasteiger partial charge in [-0.3, -0.25) is 4.68 Å². The lowest BCUT2D eigenvalue weighted by atomic mass is 9.99. The van der Waals surface area contributed by atoms with E-state index in [1.807, 2.05) is 13.8 Å². The zero-order valence-corrected chi connectivity index (χ0v) is 11.3. The molecule has 0 atom stereocenters. The topological polar surface area (TPSA) is 55.1 Å². The molecule has 0 saturated heterocycles. The maximum Gasteiger partial charge on any atom is 0.417 e. The lowest BCUT2D eigenvalue weighted by Crippen LogP contribution is -2.09. The van der Waals surface area contributed by atoms with Crippen LogP contribution in [0.25, 0.3) is 11.1 Å². The molecule has 0 saturated carbocycles. The molecule has 2 rings (SSSR count). The maximum atomic E-state index is 13.1. The van der Waals surface area contributed by atoms with Crippen LogP contribution in [0, 0.1) is 0 Å². The summed E-state index contributed by atoms with van der Waals surface area (Å²) in [6, 6.07) is 2.98. The van der Waals surface area contributed by atoms with Crippen molar-refractivity contribution in [1.82, 2.24) is 9.78 Å². The predicted molar refractivity (Wildman–Crippen MR) is 70.0 cm³/mol. The molecule has 1 aromatic heterocycles. The Labute approximate surface area is 118 Å². The summed E-state index contributed by atoms with van der Waals surface area (Å²) in [5.41, 5.74) is -1.17. The van der Waals surface area contributed by atoms with E-state index in [9.17, 15) is 18.0 Å². The van der Waals surface area contributed by atoms with Crippen molar-refractivity contribution in [3.63, 3.8) is 0 Å². The molecule has 0 aliphatic heterocycles. The van der Waals surface area contributed by atoms with Gasteiger partial charge in [-0.2, -0.15) is 18.3 Å². The van der Waals surface area contributed by atoms with Gasteiger partial charge in [0.15, 0.2) is 0 Å². The average Bonchev–Trinajstić information content (AvgIpc) is 2.86. The van der Waals surface area contributed by atoms with Crippen molar-refractivity contribution in [1.29, 1.82) is 0 Å². The average molecular weight is 298 g/mol. The summed E-state index contributed by atoms with van der Waals surface area (Å²) in [7, 11) is 0. The summed E-state index contributed by atoms with van der Waals surface area (Å²) in [6.45, 7) is 3.71. The predicted octanol–water partition coefficient (Wildman–Crippen LogP) is 3.85. The fraction of sp³-hybridized carbons (Fsp3) is 0.286. The molecule has 0 unspecified atom stereocenters. The minimum Gasteiger partial charge on any atom is -0.478 e. The van der Waals surface area contributed by atoms with Gasteiger partial charge in [0.05, 0.1) is 17.3 Å². The molecule has 0 aliphatic rings. The fourth-order valence-corrected chi connectivity index (χ4v) is 1.92. The Morgan fingerprint density at radius 1 is 1.33 bits per heavy atom. The molecule has 112 valence electrons. The molecule has 0 aliphatic carbocycles. The van der Waals surface area contributed by atoms with Gasteiger partial charge in [0.2, 0.25) is 0 Å². The molecular weight excluding hydrogens is 285 g/mol. The quantitative estimate of drug-likeness (QED) is 0.936. The van der Waals surface area contributed by atoms with Crippen LogP contribution in [0.2, 0.25) is 0 Å². The Hall–Kier alpha value is -2.31. The fourth-order valence-electron chi connectivity index (χ4n) is 1.92. The van der Waals surface area contributed by atoms with Crippen molar-refractivity contribution < 1.29 is 23.1 Å². The first kappa shape index (κ1) is 15.1. The second-order valence-corrected chi connectivity index (χ2v) is 4.87. The van der Waals surface area contributed by atoms with Gasteiger partial charge in [-0.15, -0.1) is 0 Å². The molecule has 21 heavy (non-hydrogen) atoms. The van der Waals surface area contributed by atoms with Crippen LogP contribution >= 0.6 is 0 Å². The van der Waals surface area contributed by atoms with Gasteiger partial charge in [0, 0.05) is 17.8 Å². The van der Waals surface area contributed by atoms with E-state index < -0.39 is 23.3 Å². The monoisotopic (exact) mass is 298 g/mol. The van der Waals surface area contributed by atoms with Crippen LogP contribution in [0.15, 0.2) is 30.6 Å². The molecule has 1 heterocycles. The lowest BCUT2D eigenvalue weighted by Gasteiger charge is -2.12. The van der Waals surface area contributed by atoms with Gasteiger partial charge < -0.3 is 5.11 Å². The number of benzene rings is 1. The van der Waals surface area contributed by atoms with Crippen LogP contribution in [0.1, 0.15) is 35.8 Å². The van der Waals surface area contributed by atoms with Crippen LogP contribution in [-0.2, 0) is 6.18 Å². The van der Waals surface area contributed by atoms with Gasteiger partial charge >= 0.3 is 12.1 Å². The molecule has 0 radical (unpaired) electrons. The maximum absolute atomic E-state index is 13.1. The number of hydrogen-bond acceptors (Lipinski definition) is 2. The summed E-state index contributed by atoms with van der Waals surface area (Å²) < 4.78 is 40.9. The molecule has 2 aromatic rings. The first-order valence-electron chi connectivity index (χ1n) is 6.19. The molecule has 0 bridgehead atoms. The molecule has 0 spiro atoms. The first-order valence-corrected chi connectivity index (χ1v) is 6.19. The van der Waals surface area contributed by atoms with E-state index in [4.69, 9.17) is 5.11 Å². The number of carboxylic acid groups (broad SMARTS) is 1. The smallest absolute Gasteiger partial charge is 0.417 e. The number of hydrogen-bond donors (Lipinski definition) is 1. The van der Waals surface area contributed by atoms with Crippen molar-refractivity contribution in [2.24, 2.45) is 0 Å². The summed E-state index contributed by atoms with van der Waals surface area (Å²) in [4.78, 5) is 10.8. The normalized spacial score (nSPS) is 11.9. The molecule has 7 heteroatoms. The molecule has 0 fully saturated rings. The van der Waals surface area contributed by atoms with Crippen molar-refractivity contribution in [3.8, 4) is 11.1 Å². The highest BCUT2D eigenvalue weighted by Crippen LogP contribution is 2.37. The molecule has 1 N–H and O–H groups in total. The lowest BCUT2D eigenvalue weighted by molar-refractivity contribution is -0.137. The highest BCUT2D eigenvalue weighted by Gasteiger charge is 2.34. The highest BCUT2D eigenvalue weighted by atomic mass is 19.4. The Bertz CT molecular complexity index is 675. The number of carboxylic acids is 1. The highest BCUT2D eigenvalue weighted by molar-refractivity contribution is 5.89. The summed E-state index contributed by atoms with van der Waals surface area (Å²) >= 11 is 0. The van der Waals surface area contributed by atoms with Crippen molar-refractivity contribution >= 4 is 5.97 Å². The van der Waals surface area contributed by atoms with Gasteiger partial charge in [-0.05, 0) is 31.5 Å². The van der Waals surface area contributed by atoms with E-state index >= 15 is 0 Å². The molecule has 0 amide bonds. The summed E-state index contributed by atoms with van der Waals surface area (Å²) in [5.74, 6) is -1.40. The number of rotatable bonds is 3. The Balaban J connectivity index is 2.59. The van der Waals surface area contributed by atoms with Crippen LogP contribution in [-0.4, -0.2) is 20.9 Å². The van der Waals surface area contributed by atoms with Gasteiger partial charge in [0.25, 0.3) is 0 Å². The zero-order chi connectivity index (χ0) is 15.8. The second-order valence-electron chi connectivity index (χ2n) is 4.87. The van der Waals surface area contributed by atoms with Gasteiger partial charge in [0.1, 0.15) is 0 Å². The van der Waals surface area contributed by atoms with Gasteiger partial charge in [-0.1, -0.05) is 6.07 Å². The third-order valence-electron chi connectivity index (χ3n) is 3.01. The van der Waals surface area contributed by atoms with Crippen LogP contribution in [0.3, 0.4) is 0 Å².